The molecule has 17 heteroatoms. The van der Waals surface area contributed by atoms with Gasteiger partial charge in [-0.25, -0.2) is 33.8 Å². The molecular formula is C38H46N8O9. The summed E-state index contributed by atoms with van der Waals surface area (Å²) in [6, 6.07) is 17.4. The second kappa shape index (κ2) is 20.2. The number of ether oxygens (including phenoxy) is 1. The maximum atomic E-state index is 9.55. The van der Waals surface area contributed by atoms with E-state index < -0.39 is 23.9 Å². The van der Waals surface area contributed by atoms with Crippen LogP contribution in [0.1, 0.15) is 37.3 Å². The summed E-state index contributed by atoms with van der Waals surface area (Å²) in [5.74, 6) is -3.81. The molecule has 0 unspecified atom stereocenters. The van der Waals surface area contributed by atoms with E-state index in [1.54, 1.807) is 13.4 Å². The number of aliphatic carboxylic acids is 4. The number of carboxylic acids is 4. The molecule has 0 atom stereocenters. The lowest BCUT2D eigenvalue weighted by Crippen LogP contribution is -2.49. The minimum Gasteiger partial charge on any atom is -0.495 e. The van der Waals surface area contributed by atoms with Crippen molar-refractivity contribution in [3.05, 3.63) is 84.7 Å². The topological polar surface area (TPSA) is 247 Å². The van der Waals surface area contributed by atoms with Crippen LogP contribution in [-0.4, -0.2) is 120 Å². The van der Waals surface area contributed by atoms with Gasteiger partial charge in [-0.2, -0.15) is 5.10 Å². The highest BCUT2D eigenvalue weighted by Gasteiger charge is 2.31. The highest BCUT2D eigenvalue weighted by atomic mass is 16.5. The van der Waals surface area contributed by atoms with Gasteiger partial charge in [-0.15, -0.1) is 0 Å². The summed E-state index contributed by atoms with van der Waals surface area (Å²) in [7, 11) is 3.91. The third kappa shape index (κ3) is 12.4. The van der Waals surface area contributed by atoms with Crippen molar-refractivity contribution in [3.8, 4) is 17.0 Å². The monoisotopic (exact) mass is 758 g/mol. The maximum absolute atomic E-state index is 9.55. The third-order valence-corrected chi connectivity index (χ3v) is 9.12. The van der Waals surface area contributed by atoms with Crippen molar-refractivity contribution in [2.24, 2.45) is 0 Å². The van der Waals surface area contributed by atoms with Crippen LogP contribution >= 0.6 is 0 Å². The van der Waals surface area contributed by atoms with Gasteiger partial charge in [0.2, 0.25) is 0 Å². The third-order valence-electron chi connectivity index (χ3n) is 9.12. The van der Waals surface area contributed by atoms with Crippen molar-refractivity contribution in [2.75, 3.05) is 51.4 Å². The largest absolute Gasteiger partial charge is 0.495 e. The lowest BCUT2D eigenvalue weighted by Gasteiger charge is -2.41. The van der Waals surface area contributed by atoms with E-state index in [4.69, 9.17) is 36.0 Å². The van der Waals surface area contributed by atoms with Crippen molar-refractivity contribution >= 4 is 46.4 Å². The van der Waals surface area contributed by atoms with Crippen molar-refractivity contribution in [3.63, 3.8) is 0 Å². The molecule has 2 aromatic carbocycles. The van der Waals surface area contributed by atoms with Gasteiger partial charge >= 0.3 is 23.9 Å². The number of carbonyl (C=O) groups is 4. The number of fused-ring (bicyclic) bond motifs is 1. The summed E-state index contributed by atoms with van der Waals surface area (Å²) in [4.78, 5) is 52.3. The van der Waals surface area contributed by atoms with E-state index in [2.05, 4.69) is 55.0 Å². The standard InChI is InChI=1S/C30H38N8O.2C4H4O4/c1-36-14-16-37(17-15-36)23-9-11-24(12-10-23)38-30-27(29(31)33-20-34-30)28(35-38)22-8-13-25(26(18-22)39-2)32-19-21-6-4-3-5-7-21;2*5-3(6)1-2-4(7)8/h3-8,13,18,20,23-24,32H,9-12,14-17,19H2,1-2H3,(H2,31,33,34);2*1-2H,(H,5,6)(H,7,8)/b;2*2-1-. The summed E-state index contributed by atoms with van der Waals surface area (Å²) < 4.78 is 7.88. The molecule has 0 bridgehead atoms. The van der Waals surface area contributed by atoms with Crippen molar-refractivity contribution in [1.82, 2.24) is 29.5 Å². The minimum absolute atomic E-state index is 0.299. The van der Waals surface area contributed by atoms with Gasteiger partial charge in [-0.1, -0.05) is 36.4 Å². The fourth-order valence-corrected chi connectivity index (χ4v) is 6.37. The molecule has 1 saturated carbocycles. The predicted octanol–water partition coefficient (Wildman–Crippen LogP) is 3.85. The number of nitrogen functional groups attached to an aromatic ring is 1. The van der Waals surface area contributed by atoms with Crippen LogP contribution in [0.4, 0.5) is 11.5 Å². The van der Waals surface area contributed by atoms with Gasteiger partial charge in [0, 0.05) is 68.6 Å². The second-order valence-electron chi connectivity index (χ2n) is 12.8. The summed E-state index contributed by atoms with van der Waals surface area (Å²) >= 11 is 0. The van der Waals surface area contributed by atoms with E-state index in [-0.39, 0.29) is 0 Å². The average Bonchev–Trinajstić information content (AvgIpc) is 3.58. The Labute approximate surface area is 317 Å². The summed E-state index contributed by atoms with van der Waals surface area (Å²) in [6.07, 6.45) is 8.32. The number of nitrogens with zero attached hydrogens (tertiary/aromatic N) is 6. The molecule has 7 N–H and O–H groups in total. The average molecular weight is 759 g/mol. The number of nitrogens with two attached hydrogens (primary N) is 1. The zero-order valence-corrected chi connectivity index (χ0v) is 30.6. The van der Waals surface area contributed by atoms with Crippen LogP contribution in [0.2, 0.25) is 0 Å². The Morgan fingerprint density at radius 3 is 1.93 bits per heavy atom. The molecule has 3 heterocycles. The van der Waals surface area contributed by atoms with Crippen LogP contribution in [0, 0.1) is 0 Å². The number of carboxylic acid groups (broad SMARTS) is 4. The van der Waals surface area contributed by atoms with E-state index in [1.807, 2.05) is 30.3 Å². The number of hydrogen-bond acceptors (Lipinski definition) is 12. The molecule has 1 aliphatic carbocycles. The quantitative estimate of drug-likeness (QED) is 0.119. The normalized spacial score (nSPS) is 17.5. The Morgan fingerprint density at radius 1 is 0.818 bits per heavy atom. The lowest BCUT2D eigenvalue weighted by molar-refractivity contribution is -0.134. The Kier molecular flexibility index (Phi) is 15.2. The number of benzene rings is 2. The number of aromatic nitrogens is 4. The van der Waals surface area contributed by atoms with Gasteiger partial charge in [-0.3, -0.25) is 4.90 Å². The maximum Gasteiger partial charge on any atom is 0.328 e. The van der Waals surface area contributed by atoms with Gasteiger partial charge in [0.05, 0.1) is 24.2 Å². The number of anilines is 2. The molecule has 55 heavy (non-hydrogen) atoms. The zero-order chi connectivity index (χ0) is 39.9. The molecule has 4 aromatic rings. The fraction of sp³-hybridized carbons (Fsp3) is 0.342. The first-order valence-electron chi connectivity index (χ1n) is 17.5. The summed E-state index contributed by atoms with van der Waals surface area (Å²) in [5.41, 5.74) is 11.1. The van der Waals surface area contributed by atoms with E-state index in [0.717, 1.165) is 59.7 Å². The van der Waals surface area contributed by atoms with Crippen molar-refractivity contribution in [1.29, 1.82) is 0 Å². The zero-order valence-electron chi connectivity index (χ0n) is 30.6. The van der Waals surface area contributed by atoms with Gasteiger partial charge < -0.3 is 41.1 Å². The smallest absolute Gasteiger partial charge is 0.328 e. The molecule has 17 nitrogen and oxygen atoms in total. The number of nitrogens with one attached hydrogen (secondary N) is 1. The second-order valence-corrected chi connectivity index (χ2v) is 12.8. The van der Waals surface area contributed by atoms with E-state index in [1.165, 1.54) is 31.5 Å². The Bertz CT molecular complexity index is 1920. The molecule has 2 aliphatic rings. The van der Waals surface area contributed by atoms with Crippen LogP contribution in [0.25, 0.3) is 22.3 Å². The Hall–Kier alpha value is -6.33. The van der Waals surface area contributed by atoms with Crippen LogP contribution in [0.3, 0.4) is 0 Å². The molecule has 0 radical (unpaired) electrons. The number of likely N-dealkylation sites (N-methyl/N-ethyl adjacent to an activating group) is 1. The lowest BCUT2D eigenvalue weighted by atomic mass is 9.90. The molecule has 0 spiro atoms. The number of piperazine rings is 1. The highest BCUT2D eigenvalue weighted by molar-refractivity contribution is 5.98. The van der Waals surface area contributed by atoms with Crippen LogP contribution in [0.15, 0.2) is 79.2 Å². The van der Waals surface area contributed by atoms with Crippen LogP contribution in [0.5, 0.6) is 5.75 Å². The molecular weight excluding hydrogens is 712 g/mol. The predicted molar refractivity (Wildman–Crippen MR) is 205 cm³/mol. The summed E-state index contributed by atoms with van der Waals surface area (Å²) in [5, 5.41) is 40.7. The molecule has 2 aromatic heterocycles. The van der Waals surface area contributed by atoms with Gasteiger partial charge in [0.1, 0.15) is 23.6 Å². The first kappa shape index (κ1) is 41.4. The number of hydrogen-bond donors (Lipinski definition) is 6. The van der Waals surface area contributed by atoms with Crippen LogP contribution in [-0.2, 0) is 25.7 Å². The van der Waals surface area contributed by atoms with Crippen LogP contribution < -0.4 is 15.8 Å². The van der Waals surface area contributed by atoms with E-state index in [9.17, 15) is 19.2 Å². The molecule has 0 amide bonds. The van der Waals surface area contributed by atoms with Gasteiger partial charge in [0.25, 0.3) is 0 Å². The molecule has 6 rings (SSSR count). The van der Waals surface area contributed by atoms with Gasteiger partial charge in [-0.05, 0) is 50.4 Å². The van der Waals surface area contributed by atoms with E-state index >= 15 is 0 Å². The molecule has 1 saturated heterocycles. The SMILES string of the molecule is COc1cc(-c2nn(C3CCC(N4CCN(C)CC4)CC3)c3ncnc(N)c23)ccc1NCc1ccccc1.O=C(O)/C=C\C(=O)O.O=C(O)/C=C\C(=O)O. The first-order valence-corrected chi connectivity index (χ1v) is 17.5. The molecule has 1 aliphatic heterocycles. The Morgan fingerprint density at radius 2 is 1.38 bits per heavy atom. The minimum atomic E-state index is -1.26. The Balaban J connectivity index is 0.000000354. The van der Waals surface area contributed by atoms with Crippen molar-refractivity contribution < 1.29 is 44.3 Å². The molecule has 292 valence electrons. The first-order chi connectivity index (χ1) is 26.4. The molecule has 2 fully saturated rings. The highest BCUT2D eigenvalue weighted by Crippen LogP contribution is 2.39. The van der Waals surface area contributed by atoms with Gasteiger partial charge in [0.15, 0.2) is 5.65 Å². The summed E-state index contributed by atoms with van der Waals surface area (Å²) in [6.45, 7) is 5.37. The fourth-order valence-electron chi connectivity index (χ4n) is 6.37. The van der Waals surface area contributed by atoms with Crippen molar-refractivity contribution in [2.45, 2.75) is 44.3 Å². The van der Waals surface area contributed by atoms with E-state index in [0.29, 0.717) is 48.8 Å². The number of methoxy groups -OCH3 is 1. The number of rotatable bonds is 11.